The van der Waals surface area contributed by atoms with Gasteiger partial charge in [0.15, 0.2) is 0 Å². The molecule has 20 heavy (non-hydrogen) atoms. The molecule has 0 saturated heterocycles. The van der Waals surface area contributed by atoms with Gasteiger partial charge in [0.05, 0.1) is 0 Å². The summed E-state index contributed by atoms with van der Waals surface area (Å²) >= 11 is 0. The van der Waals surface area contributed by atoms with E-state index in [-0.39, 0.29) is 10.6 Å². The standard InChI is InChI=1S/C13H20N2O4S/c1-3-4-15-8-11(6-12(15)13(16)17)20(18,19)14-7-10-5-9(10)2/h6,8-10,14H,3-5,7H2,1-2H3,(H,16,17). The van der Waals surface area contributed by atoms with E-state index in [1.54, 1.807) is 0 Å². The topological polar surface area (TPSA) is 88.4 Å². The lowest BCUT2D eigenvalue weighted by Crippen LogP contribution is -2.25. The molecule has 112 valence electrons. The highest BCUT2D eigenvalue weighted by Gasteiger charge is 2.33. The van der Waals surface area contributed by atoms with Crippen LogP contribution in [0, 0.1) is 11.8 Å². The van der Waals surface area contributed by atoms with Gasteiger partial charge in [0.25, 0.3) is 0 Å². The molecule has 0 bridgehead atoms. The second kappa shape index (κ2) is 5.57. The van der Waals surface area contributed by atoms with Gasteiger partial charge >= 0.3 is 5.97 Å². The summed E-state index contributed by atoms with van der Waals surface area (Å²) in [7, 11) is -3.63. The lowest BCUT2D eigenvalue weighted by Gasteiger charge is -2.04. The maximum atomic E-state index is 12.1. The van der Waals surface area contributed by atoms with E-state index in [1.165, 1.54) is 16.8 Å². The molecular weight excluding hydrogens is 280 g/mol. The zero-order valence-corrected chi connectivity index (χ0v) is 12.5. The van der Waals surface area contributed by atoms with Crippen molar-refractivity contribution in [3.63, 3.8) is 0 Å². The normalized spacial score (nSPS) is 21.9. The Balaban J connectivity index is 2.17. The summed E-state index contributed by atoms with van der Waals surface area (Å²) < 4.78 is 28.3. The number of carboxylic acid groups (broad SMARTS) is 1. The van der Waals surface area contributed by atoms with Gasteiger partial charge in [-0.25, -0.2) is 17.9 Å². The van der Waals surface area contributed by atoms with Gasteiger partial charge < -0.3 is 9.67 Å². The van der Waals surface area contributed by atoms with Gasteiger partial charge in [-0.05, 0) is 30.7 Å². The fourth-order valence-electron chi connectivity index (χ4n) is 2.22. The zero-order chi connectivity index (χ0) is 14.9. The van der Waals surface area contributed by atoms with Crippen LogP contribution in [-0.2, 0) is 16.6 Å². The summed E-state index contributed by atoms with van der Waals surface area (Å²) in [6.07, 6.45) is 3.17. The fourth-order valence-corrected chi connectivity index (χ4v) is 3.35. The number of carboxylic acids is 1. The van der Waals surface area contributed by atoms with E-state index >= 15 is 0 Å². The van der Waals surface area contributed by atoms with E-state index < -0.39 is 16.0 Å². The Kier molecular flexibility index (Phi) is 4.19. The van der Waals surface area contributed by atoms with Gasteiger partial charge in [0.2, 0.25) is 10.0 Å². The SMILES string of the molecule is CCCn1cc(S(=O)(=O)NCC2CC2C)cc1C(=O)O. The van der Waals surface area contributed by atoms with Crippen LogP contribution < -0.4 is 4.72 Å². The molecule has 1 aromatic rings. The Morgan fingerprint density at radius 1 is 1.55 bits per heavy atom. The molecule has 6 nitrogen and oxygen atoms in total. The van der Waals surface area contributed by atoms with E-state index in [2.05, 4.69) is 11.6 Å². The van der Waals surface area contributed by atoms with Crippen LogP contribution in [0.4, 0.5) is 0 Å². The molecule has 1 aliphatic carbocycles. The van der Waals surface area contributed by atoms with Crippen LogP contribution in [0.2, 0.25) is 0 Å². The third kappa shape index (κ3) is 3.21. The molecule has 1 aliphatic rings. The molecule has 0 aromatic carbocycles. The fraction of sp³-hybridized carbons (Fsp3) is 0.615. The second-order valence-corrected chi connectivity index (χ2v) is 7.15. The van der Waals surface area contributed by atoms with Gasteiger partial charge in [-0.2, -0.15) is 0 Å². The number of nitrogens with one attached hydrogen (secondary N) is 1. The number of nitrogens with zero attached hydrogens (tertiary/aromatic N) is 1. The molecule has 2 unspecified atom stereocenters. The number of aryl methyl sites for hydroxylation is 1. The van der Waals surface area contributed by atoms with Gasteiger partial charge in [-0.3, -0.25) is 0 Å². The number of carbonyl (C=O) groups is 1. The third-order valence-corrected chi connectivity index (χ3v) is 5.07. The highest BCUT2D eigenvalue weighted by molar-refractivity contribution is 7.89. The molecule has 2 atom stereocenters. The molecule has 7 heteroatoms. The number of hydrogen-bond acceptors (Lipinski definition) is 3. The van der Waals surface area contributed by atoms with E-state index in [4.69, 9.17) is 5.11 Å². The van der Waals surface area contributed by atoms with Crippen LogP contribution in [0.1, 0.15) is 37.2 Å². The summed E-state index contributed by atoms with van der Waals surface area (Å²) in [6.45, 7) is 4.90. The Hall–Kier alpha value is -1.34. The molecule has 0 radical (unpaired) electrons. The van der Waals surface area contributed by atoms with Gasteiger partial charge in [-0.15, -0.1) is 0 Å². The average molecular weight is 300 g/mol. The van der Waals surface area contributed by atoms with E-state index in [0.29, 0.717) is 24.9 Å². The smallest absolute Gasteiger partial charge is 0.352 e. The highest BCUT2D eigenvalue weighted by atomic mass is 32.2. The van der Waals surface area contributed by atoms with Crippen molar-refractivity contribution < 1.29 is 18.3 Å². The minimum Gasteiger partial charge on any atom is -0.477 e. The first-order valence-corrected chi connectivity index (χ1v) is 8.26. The van der Waals surface area contributed by atoms with Gasteiger partial charge in [-0.1, -0.05) is 13.8 Å². The van der Waals surface area contributed by atoms with Crippen LogP contribution >= 0.6 is 0 Å². The van der Waals surface area contributed by atoms with Crippen LogP contribution in [0.15, 0.2) is 17.2 Å². The quantitative estimate of drug-likeness (QED) is 0.799. The number of rotatable bonds is 7. The van der Waals surface area contributed by atoms with Gasteiger partial charge in [0.1, 0.15) is 10.6 Å². The molecule has 1 saturated carbocycles. The predicted molar refractivity (Wildman–Crippen MR) is 74.1 cm³/mol. The molecule has 1 heterocycles. The first-order chi connectivity index (χ1) is 9.35. The van der Waals surface area contributed by atoms with Crippen molar-refractivity contribution in [1.29, 1.82) is 0 Å². The van der Waals surface area contributed by atoms with E-state index in [1.807, 2.05) is 6.92 Å². The van der Waals surface area contributed by atoms with Gasteiger partial charge in [0, 0.05) is 19.3 Å². The van der Waals surface area contributed by atoms with Crippen LogP contribution in [0.5, 0.6) is 0 Å². The number of hydrogen-bond donors (Lipinski definition) is 2. The van der Waals surface area contributed by atoms with Crippen molar-refractivity contribution in [1.82, 2.24) is 9.29 Å². The second-order valence-electron chi connectivity index (χ2n) is 5.38. The van der Waals surface area contributed by atoms with Crippen molar-refractivity contribution in [3.05, 3.63) is 18.0 Å². The first kappa shape index (κ1) is 15.1. The summed E-state index contributed by atoms with van der Waals surface area (Å²) in [5.41, 5.74) is 0.00650. The number of aromatic nitrogens is 1. The van der Waals surface area contributed by atoms with E-state index in [9.17, 15) is 13.2 Å². The minimum absolute atomic E-state index is 0.00650. The molecule has 2 N–H and O–H groups in total. The molecule has 2 rings (SSSR count). The lowest BCUT2D eigenvalue weighted by molar-refractivity contribution is 0.0685. The van der Waals surface area contributed by atoms with Crippen LogP contribution in [0.25, 0.3) is 0 Å². The molecule has 0 spiro atoms. The lowest BCUT2D eigenvalue weighted by atomic mass is 10.3. The minimum atomic E-state index is -3.63. The Labute approximate surface area is 118 Å². The predicted octanol–water partition coefficient (Wildman–Crippen LogP) is 1.53. The van der Waals surface area contributed by atoms with Crippen molar-refractivity contribution in [2.45, 2.75) is 38.1 Å². The highest BCUT2D eigenvalue weighted by Crippen LogP contribution is 2.37. The van der Waals surface area contributed by atoms with Crippen molar-refractivity contribution in [3.8, 4) is 0 Å². The Bertz CT molecular complexity index is 606. The molecule has 1 fully saturated rings. The van der Waals surface area contributed by atoms with E-state index in [0.717, 1.165) is 12.8 Å². The summed E-state index contributed by atoms with van der Waals surface area (Å²) in [5.74, 6) is -0.144. The summed E-state index contributed by atoms with van der Waals surface area (Å²) in [4.78, 5) is 11.1. The number of aromatic carboxylic acids is 1. The number of sulfonamides is 1. The maximum Gasteiger partial charge on any atom is 0.352 e. The van der Waals surface area contributed by atoms with Crippen LogP contribution in [-0.4, -0.2) is 30.6 Å². The average Bonchev–Trinajstić information content (AvgIpc) is 2.88. The van der Waals surface area contributed by atoms with Crippen molar-refractivity contribution >= 4 is 16.0 Å². The van der Waals surface area contributed by atoms with Crippen molar-refractivity contribution in [2.24, 2.45) is 11.8 Å². The first-order valence-electron chi connectivity index (χ1n) is 6.78. The molecular formula is C13H20N2O4S. The Morgan fingerprint density at radius 3 is 2.70 bits per heavy atom. The monoisotopic (exact) mass is 300 g/mol. The molecule has 1 aromatic heterocycles. The molecule has 0 amide bonds. The Morgan fingerprint density at radius 2 is 2.20 bits per heavy atom. The van der Waals surface area contributed by atoms with Crippen molar-refractivity contribution in [2.75, 3.05) is 6.54 Å². The largest absolute Gasteiger partial charge is 0.477 e. The molecule has 0 aliphatic heterocycles. The third-order valence-electron chi connectivity index (χ3n) is 3.68. The summed E-state index contributed by atoms with van der Waals surface area (Å²) in [6, 6.07) is 1.22. The van der Waals surface area contributed by atoms with Crippen LogP contribution in [0.3, 0.4) is 0 Å². The summed E-state index contributed by atoms with van der Waals surface area (Å²) in [5, 5.41) is 9.10. The zero-order valence-electron chi connectivity index (χ0n) is 11.7. The maximum absolute atomic E-state index is 12.1.